The molecule has 6 heteroatoms. The van der Waals surface area contributed by atoms with Crippen LogP contribution in [0.5, 0.6) is 5.75 Å². The highest BCUT2D eigenvalue weighted by Crippen LogP contribution is 2.37. The third kappa shape index (κ3) is 5.37. The first-order chi connectivity index (χ1) is 15.1. The Bertz CT molecular complexity index is 889. The van der Waals surface area contributed by atoms with Gasteiger partial charge in [-0.05, 0) is 74.6 Å². The van der Waals surface area contributed by atoms with E-state index >= 15 is 0 Å². The number of nitrogens with zero attached hydrogens (tertiary/aromatic N) is 1. The summed E-state index contributed by atoms with van der Waals surface area (Å²) in [5.41, 5.74) is 3.27. The van der Waals surface area contributed by atoms with E-state index in [0.29, 0.717) is 24.5 Å². The molecule has 1 saturated heterocycles. The molecule has 0 aromatic heterocycles. The van der Waals surface area contributed by atoms with Crippen LogP contribution in [0.2, 0.25) is 0 Å². The molecule has 0 saturated carbocycles. The minimum Gasteiger partial charge on any atom is -0.497 e. The minimum absolute atomic E-state index is 0.0714. The lowest BCUT2D eigenvalue weighted by Crippen LogP contribution is -2.34. The van der Waals surface area contributed by atoms with Gasteiger partial charge in [-0.15, -0.1) is 0 Å². The lowest BCUT2D eigenvalue weighted by Gasteiger charge is -2.32. The molecule has 2 aromatic rings. The van der Waals surface area contributed by atoms with Crippen LogP contribution in [-0.4, -0.2) is 45.2 Å². The number of ether oxygens (including phenoxy) is 2. The monoisotopic (exact) mass is 424 g/mol. The number of amides is 1. The van der Waals surface area contributed by atoms with Crippen molar-refractivity contribution in [3.05, 3.63) is 59.2 Å². The Balaban J connectivity index is 2.06. The summed E-state index contributed by atoms with van der Waals surface area (Å²) in [6, 6.07) is 13.1. The van der Waals surface area contributed by atoms with Gasteiger partial charge in [-0.3, -0.25) is 4.79 Å². The molecule has 31 heavy (non-hydrogen) atoms. The number of anilines is 1. The summed E-state index contributed by atoms with van der Waals surface area (Å²) in [5.74, 6) is -0.228. The van der Waals surface area contributed by atoms with Gasteiger partial charge >= 0.3 is 5.97 Å². The van der Waals surface area contributed by atoms with Crippen molar-refractivity contribution >= 4 is 17.6 Å². The number of hydrogen-bond donors (Lipinski definition) is 1. The smallest absolute Gasteiger partial charge is 0.338 e. The Labute approximate surface area is 184 Å². The molecule has 2 aromatic carbocycles. The molecule has 0 aliphatic carbocycles. The molecule has 0 radical (unpaired) electrons. The highest BCUT2D eigenvalue weighted by molar-refractivity contribution is 5.91. The maximum atomic E-state index is 13.2. The van der Waals surface area contributed by atoms with Gasteiger partial charge in [0.05, 0.1) is 25.2 Å². The number of nitrogens with one attached hydrogen (secondary N) is 1. The van der Waals surface area contributed by atoms with Crippen molar-refractivity contribution < 1.29 is 19.1 Å². The topological polar surface area (TPSA) is 67.9 Å². The Morgan fingerprint density at radius 3 is 2.35 bits per heavy atom. The zero-order valence-corrected chi connectivity index (χ0v) is 18.6. The number of esters is 1. The summed E-state index contributed by atoms with van der Waals surface area (Å²) in [6.07, 6.45) is 3.52. The van der Waals surface area contributed by atoms with Crippen molar-refractivity contribution in [1.29, 1.82) is 0 Å². The quantitative estimate of drug-likeness (QED) is 0.646. The molecule has 166 valence electrons. The standard InChI is InChI=1S/C25H32N2O4/c1-4-26-24(28)23(18-9-11-19(12-10-18)25(29)31-5-2)21-17-20(30-3)13-14-22(21)27-15-7-6-8-16-27/h9-14,17,23H,4-8,15-16H2,1-3H3,(H,26,28). The highest BCUT2D eigenvalue weighted by atomic mass is 16.5. The van der Waals surface area contributed by atoms with E-state index in [2.05, 4.69) is 16.3 Å². The normalized spacial score (nSPS) is 14.6. The van der Waals surface area contributed by atoms with E-state index in [1.54, 1.807) is 26.2 Å². The number of carbonyl (C=O) groups excluding carboxylic acids is 2. The van der Waals surface area contributed by atoms with Crippen LogP contribution in [0.1, 0.15) is 60.5 Å². The molecule has 6 nitrogen and oxygen atoms in total. The minimum atomic E-state index is -0.511. The molecule has 0 spiro atoms. The van der Waals surface area contributed by atoms with Gasteiger partial charge in [-0.2, -0.15) is 0 Å². The second-order valence-corrected chi connectivity index (χ2v) is 7.64. The largest absolute Gasteiger partial charge is 0.497 e. The van der Waals surface area contributed by atoms with Crippen LogP contribution in [0.15, 0.2) is 42.5 Å². The van der Waals surface area contributed by atoms with Crippen LogP contribution in [0, 0.1) is 0 Å². The Kier molecular flexibility index (Phi) is 7.93. The van der Waals surface area contributed by atoms with E-state index in [4.69, 9.17) is 9.47 Å². The zero-order valence-electron chi connectivity index (χ0n) is 18.6. The lowest BCUT2D eigenvalue weighted by atomic mass is 9.87. The number of benzene rings is 2. The van der Waals surface area contributed by atoms with Crippen LogP contribution in [-0.2, 0) is 9.53 Å². The molecule has 1 atom stereocenters. The zero-order chi connectivity index (χ0) is 22.2. The summed E-state index contributed by atoms with van der Waals surface area (Å²) in [7, 11) is 1.63. The maximum absolute atomic E-state index is 13.2. The molecular weight excluding hydrogens is 392 g/mol. The predicted octanol–water partition coefficient (Wildman–Crippen LogP) is 4.13. The third-order valence-electron chi connectivity index (χ3n) is 5.61. The van der Waals surface area contributed by atoms with E-state index in [0.717, 1.165) is 42.7 Å². The van der Waals surface area contributed by atoms with Crippen molar-refractivity contribution in [3.63, 3.8) is 0 Å². The first kappa shape index (κ1) is 22.7. The van der Waals surface area contributed by atoms with Gasteiger partial charge < -0.3 is 19.7 Å². The van der Waals surface area contributed by atoms with Crippen LogP contribution in [0.3, 0.4) is 0 Å². The number of carbonyl (C=O) groups is 2. The second-order valence-electron chi connectivity index (χ2n) is 7.64. The fourth-order valence-corrected chi connectivity index (χ4v) is 4.09. The van der Waals surface area contributed by atoms with E-state index in [1.807, 2.05) is 31.2 Å². The van der Waals surface area contributed by atoms with E-state index < -0.39 is 5.92 Å². The molecular formula is C25H32N2O4. The molecule has 1 aliphatic rings. The van der Waals surface area contributed by atoms with Crippen molar-refractivity contribution in [2.45, 2.75) is 39.0 Å². The number of methoxy groups -OCH3 is 1. The lowest BCUT2D eigenvalue weighted by molar-refractivity contribution is -0.121. The van der Waals surface area contributed by atoms with Gasteiger partial charge in [-0.25, -0.2) is 4.79 Å². The molecule has 1 amide bonds. The number of hydrogen-bond acceptors (Lipinski definition) is 5. The fraction of sp³-hybridized carbons (Fsp3) is 0.440. The van der Waals surface area contributed by atoms with Gasteiger partial charge in [-0.1, -0.05) is 12.1 Å². The van der Waals surface area contributed by atoms with Gasteiger partial charge in [0.15, 0.2) is 0 Å². The molecule has 0 bridgehead atoms. The molecule has 1 unspecified atom stereocenters. The second kappa shape index (κ2) is 10.8. The molecule has 3 rings (SSSR count). The summed E-state index contributed by atoms with van der Waals surface area (Å²) in [4.78, 5) is 27.6. The van der Waals surface area contributed by atoms with Crippen LogP contribution in [0.25, 0.3) is 0 Å². The first-order valence-electron chi connectivity index (χ1n) is 11.1. The number of piperidine rings is 1. The van der Waals surface area contributed by atoms with Crippen molar-refractivity contribution in [3.8, 4) is 5.75 Å². The highest BCUT2D eigenvalue weighted by Gasteiger charge is 2.28. The summed E-state index contributed by atoms with van der Waals surface area (Å²) >= 11 is 0. The SMILES string of the molecule is CCNC(=O)C(c1ccc(C(=O)OCC)cc1)c1cc(OC)ccc1N1CCCCC1. The fourth-order valence-electron chi connectivity index (χ4n) is 4.09. The Morgan fingerprint density at radius 2 is 1.74 bits per heavy atom. The van der Waals surface area contributed by atoms with Crippen LogP contribution in [0.4, 0.5) is 5.69 Å². The molecule has 1 fully saturated rings. The Morgan fingerprint density at radius 1 is 1.03 bits per heavy atom. The molecule has 1 N–H and O–H groups in total. The summed E-state index contributed by atoms with van der Waals surface area (Å²) in [6.45, 7) is 6.51. The van der Waals surface area contributed by atoms with Gasteiger partial charge in [0, 0.05) is 25.3 Å². The van der Waals surface area contributed by atoms with Gasteiger partial charge in [0.1, 0.15) is 5.75 Å². The first-order valence-corrected chi connectivity index (χ1v) is 11.1. The maximum Gasteiger partial charge on any atom is 0.338 e. The van der Waals surface area contributed by atoms with Crippen molar-refractivity contribution in [1.82, 2.24) is 5.32 Å². The number of rotatable bonds is 8. The Hall–Kier alpha value is -3.02. The van der Waals surface area contributed by atoms with Crippen LogP contribution < -0.4 is 15.0 Å². The predicted molar refractivity (Wildman–Crippen MR) is 122 cm³/mol. The average molecular weight is 425 g/mol. The van der Waals surface area contributed by atoms with E-state index in [1.165, 1.54) is 6.42 Å². The number of likely N-dealkylation sites (N-methyl/N-ethyl adjacent to an activating group) is 1. The molecule has 1 heterocycles. The third-order valence-corrected chi connectivity index (χ3v) is 5.61. The van der Waals surface area contributed by atoms with Gasteiger partial charge in [0.25, 0.3) is 0 Å². The van der Waals surface area contributed by atoms with E-state index in [9.17, 15) is 9.59 Å². The average Bonchev–Trinajstić information content (AvgIpc) is 2.80. The van der Waals surface area contributed by atoms with Crippen molar-refractivity contribution in [2.75, 3.05) is 38.3 Å². The molecule has 1 aliphatic heterocycles. The van der Waals surface area contributed by atoms with E-state index in [-0.39, 0.29) is 11.9 Å². The van der Waals surface area contributed by atoms with Crippen LogP contribution >= 0.6 is 0 Å². The van der Waals surface area contributed by atoms with Crippen molar-refractivity contribution in [2.24, 2.45) is 0 Å². The van der Waals surface area contributed by atoms with Gasteiger partial charge in [0.2, 0.25) is 5.91 Å². The summed E-state index contributed by atoms with van der Waals surface area (Å²) < 4.78 is 10.6. The summed E-state index contributed by atoms with van der Waals surface area (Å²) in [5, 5.41) is 2.98.